The molecular formula is C76H142O6. The van der Waals surface area contributed by atoms with Crippen molar-refractivity contribution in [2.24, 2.45) is 0 Å². The highest BCUT2D eigenvalue weighted by Gasteiger charge is 2.20. The van der Waals surface area contributed by atoms with Gasteiger partial charge in [0.1, 0.15) is 13.2 Å². The van der Waals surface area contributed by atoms with Crippen LogP contribution in [0.3, 0.4) is 0 Å². The fourth-order valence-corrected chi connectivity index (χ4v) is 11.3. The number of ether oxygens (including phenoxy) is 3. The van der Waals surface area contributed by atoms with Crippen molar-refractivity contribution < 1.29 is 28.6 Å². The first-order chi connectivity index (χ1) is 40.5. The van der Waals surface area contributed by atoms with E-state index in [4.69, 9.17) is 14.2 Å². The number of carbonyl (C=O) groups excluding carboxylic acids is 3. The van der Waals surface area contributed by atoms with Crippen molar-refractivity contribution in [1.29, 1.82) is 0 Å². The van der Waals surface area contributed by atoms with Crippen molar-refractivity contribution in [2.75, 3.05) is 13.2 Å². The first-order valence-corrected chi connectivity index (χ1v) is 37.0. The van der Waals surface area contributed by atoms with Gasteiger partial charge in [0.25, 0.3) is 0 Å². The number of hydrogen-bond acceptors (Lipinski definition) is 6. The number of hydrogen-bond donors (Lipinski definition) is 0. The number of unbranched alkanes of at least 4 members (excludes halogenated alkanes) is 52. The van der Waals surface area contributed by atoms with Crippen LogP contribution in [0.1, 0.15) is 412 Å². The summed E-state index contributed by atoms with van der Waals surface area (Å²) in [6.45, 7) is 6.72. The van der Waals surface area contributed by atoms with E-state index in [2.05, 4.69) is 57.2 Å². The molecule has 0 aromatic rings. The van der Waals surface area contributed by atoms with Gasteiger partial charge >= 0.3 is 17.9 Å². The van der Waals surface area contributed by atoms with Crippen molar-refractivity contribution in [1.82, 2.24) is 0 Å². The molecule has 0 spiro atoms. The van der Waals surface area contributed by atoms with Crippen molar-refractivity contribution in [3.05, 3.63) is 36.5 Å². The molecule has 0 rings (SSSR count). The number of esters is 3. The molecule has 0 aliphatic rings. The average molecular weight is 1150 g/mol. The Balaban J connectivity index is 4.30. The van der Waals surface area contributed by atoms with E-state index in [9.17, 15) is 14.4 Å². The van der Waals surface area contributed by atoms with E-state index >= 15 is 0 Å². The monoisotopic (exact) mass is 1150 g/mol. The first-order valence-electron chi connectivity index (χ1n) is 37.0. The third-order valence-electron chi connectivity index (χ3n) is 16.9. The maximum Gasteiger partial charge on any atom is 0.306 e. The molecule has 1 unspecified atom stereocenters. The summed E-state index contributed by atoms with van der Waals surface area (Å²) in [5.41, 5.74) is 0. The van der Waals surface area contributed by atoms with E-state index in [1.54, 1.807) is 0 Å². The molecule has 82 heavy (non-hydrogen) atoms. The zero-order chi connectivity index (χ0) is 59.2. The molecule has 0 aliphatic heterocycles. The van der Waals surface area contributed by atoms with Crippen LogP contribution in [0.2, 0.25) is 0 Å². The predicted molar refractivity (Wildman–Crippen MR) is 358 cm³/mol. The minimum absolute atomic E-state index is 0.0666. The summed E-state index contributed by atoms with van der Waals surface area (Å²) in [5.74, 6) is -0.835. The van der Waals surface area contributed by atoms with Crippen molar-refractivity contribution in [2.45, 2.75) is 419 Å². The van der Waals surface area contributed by atoms with Crippen LogP contribution in [-0.4, -0.2) is 37.2 Å². The SMILES string of the molecule is CCCCCCC/C=C\C/C=C\C/C=C\CCCCCCCCCCCCC(=O)OCC(COC(=O)CCCCCCCCCCCCCCCCCCCC)OC(=O)CCCCCCCCCCCCCCCCCCCCCCC. The lowest BCUT2D eigenvalue weighted by atomic mass is 10.0. The second-order valence-corrected chi connectivity index (χ2v) is 25.2. The van der Waals surface area contributed by atoms with Gasteiger partial charge in [0.2, 0.25) is 0 Å². The fourth-order valence-electron chi connectivity index (χ4n) is 11.3. The predicted octanol–water partition coefficient (Wildman–Crippen LogP) is 25.5. The van der Waals surface area contributed by atoms with Gasteiger partial charge < -0.3 is 14.2 Å². The highest BCUT2D eigenvalue weighted by atomic mass is 16.6. The molecule has 0 radical (unpaired) electrons. The number of allylic oxidation sites excluding steroid dienone is 6. The van der Waals surface area contributed by atoms with Crippen LogP contribution < -0.4 is 0 Å². The average Bonchev–Trinajstić information content (AvgIpc) is 3.47. The summed E-state index contributed by atoms with van der Waals surface area (Å²) in [6.07, 6.45) is 88.9. The van der Waals surface area contributed by atoms with Gasteiger partial charge in [-0.3, -0.25) is 14.4 Å². The van der Waals surface area contributed by atoms with E-state index in [1.165, 1.54) is 302 Å². The van der Waals surface area contributed by atoms with E-state index in [1.807, 2.05) is 0 Å². The molecule has 0 aromatic heterocycles. The Hall–Kier alpha value is -2.37. The highest BCUT2D eigenvalue weighted by Crippen LogP contribution is 2.19. The van der Waals surface area contributed by atoms with E-state index in [0.29, 0.717) is 19.3 Å². The molecule has 0 saturated heterocycles. The maximum absolute atomic E-state index is 13.0. The molecule has 0 saturated carbocycles. The largest absolute Gasteiger partial charge is 0.462 e. The van der Waals surface area contributed by atoms with Crippen molar-refractivity contribution in [3.63, 3.8) is 0 Å². The van der Waals surface area contributed by atoms with Gasteiger partial charge in [-0.15, -0.1) is 0 Å². The van der Waals surface area contributed by atoms with Crippen LogP contribution in [-0.2, 0) is 28.6 Å². The van der Waals surface area contributed by atoms with Crippen LogP contribution in [0.5, 0.6) is 0 Å². The molecule has 0 heterocycles. The van der Waals surface area contributed by atoms with Crippen LogP contribution >= 0.6 is 0 Å². The quantitative estimate of drug-likeness (QED) is 0.0261. The minimum Gasteiger partial charge on any atom is -0.462 e. The lowest BCUT2D eigenvalue weighted by molar-refractivity contribution is -0.167. The molecule has 0 bridgehead atoms. The molecule has 482 valence electrons. The van der Waals surface area contributed by atoms with E-state index < -0.39 is 6.10 Å². The summed E-state index contributed by atoms with van der Waals surface area (Å²) < 4.78 is 17.0. The van der Waals surface area contributed by atoms with Gasteiger partial charge in [0, 0.05) is 19.3 Å². The van der Waals surface area contributed by atoms with E-state index in [-0.39, 0.29) is 31.1 Å². The second kappa shape index (κ2) is 71.1. The standard InChI is InChI=1S/C76H142O6/c1-4-7-10-13-16-19-22-25-28-31-34-36-37-38-39-41-42-45-48-51-54-57-60-63-66-69-75(78)81-72-73(71-80-74(77)68-65-62-59-56-53-50-47-44-33-30-27-24-21-18-15-12-9-6-3)82-76(79)70-67-64-61-58-55-52-49-46-43-40-35-32-29-26-23-20-17-14-11-8-5-2/h22,25,31,34,37-38,73H,4-21,23-24,26-30,32-33,35-36,39-72H2,1-3H3/b25-22-,34-31-,38-37-. The van der Waals surface area contributed by atoms with Gasteiger partial charge in [0.05, 0.1) is 0 Å². The molecule has 0 fully saturated rings. The van der Waals surface area contributed by atoms with Gasteiger partial charge in [-0.05, 0) is 57.8 Å². The summed E-state index contributed by atoms with van der Waals surface area (Å²) in [4.78, 5) is 38.5. The summed E-state index contributed by atoms with van der Waals surface area (Å²) in [7, 11) is 0. The summed E-state index contributed by atoms with van der Waals surface area (Å²) in [5, 5.41) is 0. The Bertz CT molecular complexity index is 1370. The van der Waals surface area contributed by atoms with Crippen LogP contribution in [0.25, 0.3) is 0 Å². The third-order valence-corrected chi connectivity index (χ3v) is 16.9. The second-order valence-electron chi connectivity index (χ2n) is 25.2. The molecular weight excluding hydrogens is 1010 g/mol. The Kier molecular flexibility index (Phi) is 69.1. The Morgan fingerprint density at radius 3 is 0.683 bits per heavy atom. The molecule has 6 heteroatoms. The Labute approximate surface area is 512 Å². The normalized spacial score (nSPS) is 12.2. The summed E-state index contributed by atoms with van der Waals surface area (Å²) >= 11 is 0. The third kappa shape index (κ3) is 68.4. The first kappa shape index (κ1) is 79.6. The number of rotatable bonds is 69. The van der Waals surface area contributed by atoms with Gasteiger partial charge in [0.15, 0.2) is 6.10 Å². The zero-order valence-corrected chi connectivity index (χ0v) is 55.5. The molecule has 0 aromatic carbocycles. The van der Waals surface area contributed by atoms with Crippen LogP contribution in [0.15, 0.2) is 36.5 Å². The molecule has 6 nitrogen and oxygen atoms in total. The minimum atomic E-state index is -0.772. The van der Waals surface area contributed by atoms with Crippen molar-refractivity contribution in [3.8, 4) is 0 Å². The van der Waals surface area contributed by atoms with Gasteiger partial charge in [-0.2, -0.15) is 0 Å². The van der Waals surface area contributed by atoms with Crippen molar-refractivity contribution >= 4 is 17.9 Å². The molecule has 0 amide bonds. The van der Waals surface area contributed by atoms with E-state index in [0.717, 1.165) is 70.6 Å². The number of carbonyl (C=O) groups is 3. The zero-order valence-electron chi connectivity index (χ0n) is 55.5. The lowest BCUT2D eigenvalue weighted by Gasteiger charge is -2.18. The Morgan fingerprint density at radius 2 is 0.439 bits per heavy atom. The van der Waals surface area contributed by atoms with Crippen LogP contribution in [0, 0.1) is 0 Å². The van der Waals surface area contributed by atoms with Gasteiger partial charge in [-0.1, -0.05) is 372 Å². The molecule has 0 N–H and O–H groups in total. The molecule has 1 atom stereocenters. The fraction of sp³-hybridized carbons (Fsp3) is 0.882. The smallest absolute Gasteiger partial charge is 0.306 e. The maximum atomic E-state index is 13.0. The van der Waals surface area contributed by atoms with Gasteiger partial charge in [-0.25, -0.2) is 0 Å². The highest BCUT2D eigenvalue weighted by molar-refractivity contribution is 5.71. The topological polar surface area (TPSA) is 78.9 Å². The Morgan fingerprint density at radius 1 is 0.244 bits per heavy atom. The summed E-state index contributed by atoms with van der Waals surface area (Å²) in [6, 6.07) is 0. The molecule has 0 aliphatic carbocycles. The van der Waals surface area contributed by atoms with Crippen LogP contribution in [0.4, 0.5) is 0 Å². The lowest BCUT2D eigenvalue weighted by Crippen LogP contribution is -2.30.